The molecule has 0 aliphatic heterocycles. The van der Waals surface area contributed by atoms with Crippen molar-refractivity contribution in [1.82, 2.24) is 10.3 Å². The molecule has 0 saturated carbocycles. The Hall–Kier alpha value is -2.41. The van der Waals surface area contributed by atoms with Gasteiger partial charge in [0.15, 0.2) is 0 Å². The van der Waals surface area contributed by atoms with Gasteiger partial charge in [-0.05, 0) is 45.7 Å². The lowest BCUT2D eigenvalue weighted by atomic mass is 10.1. The molecular weight excluding hydrogens is 374 g/mol. The monoisotopic (exact) mass is 403 g/mol. The normalized spacial score (nSPS) is 11.4. The van der Waals surface area contributed by atoms with Crippen LogP contribution in [0.1, 0.15) is 68.9 Å². The molecule has 2 aromatic rings. The molecule has 1 aromatic heterocycles. The Kier molecular flexibility index (Phi) is 7.57. The maximum atomic E-state index is 12.3. The zero-order valence-electron chi connectivity index (χ0n) is 16.8. The van der Waals surface area contributed by atoms with Crippen LogP contribution in [0.25, 0.3) is 10.9 Å². The molecule has 2 rings (SSSR count). The highest BCUT2D eigenvalue weighted by atomic mass is 32.1. The first-order valence-electron chi connectivity index (χ1n) is 9.58. The Morgan fingerprint density at radius 2 is 1.86 bits per heavy atom. The first-order chi connectivity index (χ1) is 13.2. The van der Waals surface area contributed by atoms with E-state index in [0.29, 0.717) is 23.6 Å². The standard InChI is InChI=1S/C21H29N3O3S/c1-21(2,3)27-18(25)8-6-4-5-7-11-23-20(26)17-12-14-9-10-15(19(22)28)13-16(14)24-17/h9-10,12-13,24H,4-8,11H2,1-3H3,(H2,22,28)(H,23,26). The number of thiocarbonyl (C=S) groups is 1. The SMILES string of the molecule is CC(C)(C)OC(=O)CCCCCCNC(=O)c1cc2ccc(C(N)=S)cc2[nH]1. The second-order valence-electron chi connectivity index (χ2n) is 7.86. The Morgan fingerprint density at radius 1 is 1.14 bits per heavy atom. The molecule has 0 bridgehead atoms. The molecule has 0 unspecified atom stereocenters. The number of hydrogen-bond acceptors (Lipinski definition) is 4. The molecule has 6 nitrogen and oxygen atoms in total. The zero-order chi connectivity index (χ0) is 20.7. The van der Waals surface area contributed by atoms with Gasteiger partial charge in [-0.25, -0.2) is 0 Å². The number of hydrogen-bond donors (Lipinski definition) is 3. The van der Waals surface area contributed by atoms with Gasteiger partial charge in [-0.3, -0.25) is 9.59 Å². The van der Waals surface area contributed by atoms with E-state index in [-0.39, 0.29) is 11.9 Å². The Balaban J connectivity index is 1.68. The van der Waals surface area contributed by atoms with Crippen LogP contribution in [0.15, 0.2) is 24.3 Å². The van der Waals surface area contributed by atoms with E-state index < -0.39 is 5.60 Å². The number of amides is 1. The fraction of sp³-hybridized carbons (Fsp3) is 0.476. The summed E-state index contributed by atoms with van der Waals surface area (Å²) < 4.78 is 5.28. The van der Waals surface area contributed by atoms with Crippen molar-refractivity contribution < 1.29 is 14.3 Å². The highest BCUT2D eigenvalue weighted by Gasteiger charge is 2.15. The van der Waals surface area contributed by atoms with Crippen LogP contribution in [-0.2, 0) is 9.53 Å². The summed E-state index contributed by atoms with van der Waals surface area (Å²) in [5.74, 6) is -0.292. The molecule has 4 N–H and O–H groups in total. The summed E-state index contributed by atoms with van der Waals surface area (Å²) in [6, 6.07) is 7.40. The number of H-pyrrole nitrogens is 1. The van der Waals surface area contributed by atoms with Gasteiger partial charge >= 0.3 is 5.97 Å². The topological polar surface area (TPSA) is 97.2 Å². The molecule has 28 heavy (non-hydrogen) atoms. The van der Waals surface area contributed by atoms with Crippen molar-refractivity contribution in [3.8, 4) is 0 Å². The lowest BCUT2D eigenvalue weighted by molar-refractivity contribution is -0.154. The van der Waals surface area contributed by atoms with E-state index in [1.807, 2.05) is 45.0 Å². The van der Waals surface area contributed by atoms with E-state index in [4.69, 9.17) is 22.7 Å². The number of aromatic nitrogens is 1. The maximum Gasteiger partial charge on any atom is 0.306 e. The van der Waals surface area contributed by atoms with Gasteiger partial charge in [0, 0.05) is 29.4 Å². The fourth-order valence-corrected chi connectivity index (χ4v) is 2.97. The van der Waals surface area contributed by atoms with Crippen LogP contribution in [0.3, 0.4) is 0 Å². The molecule has 0 radical (unpaired) electrons. The average Bonchev–Trinajstić information content (AvgIpc) is 3.02. The van der Waals surface area contributed by atoms with Crippen molar-refractivity contribution in [1.29, 1.82) is 0 Å². The molecule has 7 heteroatoms. The summed E-state index contributed by atoms with van der Waals surface area (Å²) in [6.45, 7) is 6.20. The van der Waals surface area contributed by atoms with Crippen molar-refractivity contribution >= 4 is 40.0 Å². The van der Waals surface area contributed by atoms with Gasteiger partial charge in [-0.15, -0.1) is 0 Å². The van der Waals surface area contributed by atoms with Gasteiger partial charge in [-0.1, -0.05) is 37.2 Å². The number of aromatic amines is 1. The number of nitrogens with one attached hydrogen (secondary N) is 2. The summed E-state index contributed by atoms with van der Waals surface area (Å²) in [5, 5.41) is 3.85. The Labute approximate surface area is 171 Å². The first-order valence-corrected chi connectivity index (χ1v) is 9.99. The summed E-state index contributed by atoms with van der Waals surface area (Å²) in [5.41, 5.74) is 7.33. The fourth-order valence-electron chi connectivity index (χ4n) is 2.84. The molecule has 1 heterocycles. The molecule has 0 aliphatic rings. The predicted molar refractivity (Wildman–Crippen MR) is 115 cm³/mol. The van der Waals surface area contributed by atoms with Crippen molar-refractivity contribution in [3.05, 3.63) is 35.5 Å². The summed E-state index contributed by atoms with van der Waals surface area (Å²) >= 11 is 4.98. The van der Waals surface area contributed by atoms with E-state index in [9.17, 15) is 9.59 Å². The number of ether oxygens (including phenoxy) is 1. The second kappa shape index (κ2) is 9.68. The highest BCUT2D eigenvalue weighted by Crippen LogP contribution is 2.17. The minimum atomic E-state index is -0.429. The van der Waals surface area contributed by atoms with Gasteiger partial charge in [-0.2, -0.15) is 0 Å². The molecule has 0 atom stereocenters. The molecule has 1 aromatic carbocycles. The van der Waals surface area contributed by atoms with Crippen LogP contribution in [0.4, 0.5) is 0 Å². The summed E-state index contributed by atoms with van der Waals surface area (Å²) in [4.78, 5) is 27.4. The van der Waals surface area contributed by atoms with E-state index in [0.717, 1.165) is 42.1 Å². The third kappa shape index (κ3) is 6.96. The number of esters is 1. The number of nitrogens with two attached hydrogens (primary N) is 1. The highest BCUT2D eigenvalue weighted by molar-refractivity contribution is 7.80. The number of carbonyl (C=O) groups is 2. The van der Waals surface area contributed by atoms with Crippen LogP contribution >= 0.6 is 12.2 Å². The van der Waals surface area contributed by atoms with Gasteiger partial charge in [0.05, 0.1) is 0 Å². The molecule has 152 valence electrons. The lowest BCUT2D eigenvalue weighted by Gasteiger charge is -2.19. The minimum Gasteiger partial charge on any atom is -0.460 e. The van der Waals surface area contributed by atoms with E-state index in [1.54, 1.807) is 0 Å². The van der Waals surface area contributed by atoms with Crippen LogP contribution < -0.4 is 11.1 Å². The number of benzene rings is 1. The molecular formula is C21H29N3O3S. The Morgan fingerprint density at radius 3 is 2.54 bits per heavy atom. The van der Waals surface area contributed by atoms with Crippen molar-refractivity contribution in [2.75, 3.05) is 6.54 Å². The second-order valence-corrected chi connectivity index (χ2v) is 8.30. The van der Waals surface area contributed by atoms with E-state index in [2.05, 4.69) is 10.3 Å². The van der Waals surface area contributed by atoms with Gasteiger partial charge in [0.1, 0.15) is 16.3 Å². The summed E-state index contributed by atoms with van der Waals surface area (Å²) in [7, 11) is 0. The zero-order valence-corrected chi connectivity index (χ0v) is 17.6. The maximum absolute atomic E-state index is 12.3. The number of carbonyl (C=O) groups excluding carboxylic acids is 2. The van der Waals surface area contributed by atoms with Crippen LogP contribution in [-0.4, -0.2) is 34.0 Å². The minimum absolute atomic E-state index is 0.137. The van der Waals surface area contributed by atoms with Crippen LogP contribution in [0, 0.1) is 0 Å². The van der Waals surface area contributed by atoms with Gasteiger partial charge in [0.2, 0.25) is 0 Å². The van der Waals surface area contributed by atoms with Crippen LogP contribution in [0.2, 0.25) is 0 Å². The van der Waals surface area contributed by atoms with Crippen LogP contribution in [0.5, 0.6) is 0 Å². The molecule has 0 spiro atoms. The van der Waals surface area contributed by atoms with Gasteiger partial charge < -0.3 is 20.8 Å². The molecule has 0 saturated heterocycles. The van der Waals surface area contributed by atoms with Crippen molar-refractivity contribution in [2.24, 2.45) is 5.73 Å². The van der Waals surface area contributed by atoms with E-state index in [1.165, 1.54) is 0 Å². The first kappa shape index (κ1) is 21.9. The summed E-state index contributed by atoms with van der Waals surface area (Å²) in [6.07, 6.45) is 3.99. The quantitative estimate of drug-likeness (QED) is 0.336. The molecule has 0 fully saturated rings. The van der Waals surface area contributed by atoms with Gasteiger partial charge in [0.25, 0.3) is 5.91 Å². The average molecular weight is 404 g/mol. The predicted octanol–water partition coefficient (Wildman–Crippen LogP) is 3.82. The van der Waals surface area contributed by atoms with Crippen molar-refractivity contribution in [3.63, 3.8) is 0 Å². The van der Waals surface area contributed by atoms with Crippen molar-refractivity contribution in [2.45, 2.75) is 58.5 Å². The number of unbranched alkanes of at least 4 members (excludes halogenated alkanes) is 3. The molecule has 1 amide bonds. The lowest BCUT2D eigenvalue weighted by Crippen LogP contribution is -2.24. The smallest absolute Gasteiger partial charge is 0.306 e. The largest absolute Gasteiger partial charge is 0.460 e. The number of rotatable bonds is 9. The molecule has 0 aliphatic carbocycles. The third-order valence-corrected chi connectivity index (χ3v) is 4.40. The third-order valence-electron chi connectivity index (χ3n) is 4.16. The van der Waals surface area contributed by atoms with E-state index >= 15 is 0 Å². The number of fused-ring (bicyclic) bond motifs is 1. The Bertz CT molecular complexity index is 852.